The summed E-state index contributed by atoms with van der Waals surface area (Å²) in [6.07, 6.45) is 19.1. The van der Waals surface area contributed by atoms with Crippen LogP contribution in [0.1, 0.15) is 119 Å². The highest BCUT2D eigenvalue weighted by Crippen LogP contribution is 2.17. The highest BCUT2D eigenvalue weighted by Gasteiger charge is 2.09. The van der Waals surface area contributed by atoms with E-state index >= 15 is 0 Å². The first-order valence-electron chi connectivity index (χ1n) is 13.7. The minimum absolute atomic E-state index is 0.00462. The first kappa shape index (κ1) is 28.1. The van der Waals surface area contributed by atoms with Crippen LogP contribution in [0.5, 0.6) is 5.75 Å². The molecule has 188 valence electrons. The fourth-order valence-corrected chi connectivity index (χ4v) is 4.31. The molecule has 0 bridgehead atoms. The summed E-state index contributed by atoms with van der Waals surface area (Å²) < 4.78 is 5.72. The van der Waals surface area contributed by atoms with Crippen LogP contribution in [-0.2, 0) is 0 Å². The molecular formula is C31H46O3. The van der Waals surface area contributed by atoms with Crippen molar-refractivity contribution in [3.8, 4) is 5.75 Å². The van der Waals surface area contributed by atoms with Crippen molar-refractivity contribution in [2.24, 2.45) is 0 Å². The maximum atomic E-state index is 12.5. The summed E-state index contributed by atoms with van der Waals surface area (Å²) in [6.45, 7) is 2.57. The van der Waals surface area contributed by atoms with Crippen molar-refractivity contribution in [3.63, 3.8) is 0 Å². The predicted molar refractivity (Wildman–Crippen MR) is 143 cm³/mol. The minimum atomic E-state index is -0.442. The molecule has 0 saturated heterocycles. The summed E-state index contributed by atoms with van der Waals surface area (Å²) in [5.41, 5.74) is 1.32. The number of aliphatic hydroxyl groups is 1. The first-order valence-corrected chi connectivity index (χ1v) is 13.7. The lowest BCUT2D eigenvalue weighted by Crippen LogP contribution is -2.17. The Kier molecular flexibility index (Phi) is 15.1. The van der Waals surface area contributed by atoms with Gasteiger partial charge in [-0.15, -0.1) is 0 Å². The number of carbonyl (C=O) groups is 1. The topological polar surface area (TPSA) is 46.5 Å². The first-order chi connectivity index (χ1) is 16.7. The van der Waals surface area contributed by atoms with Crippen molar-refractivity contribution in [1.82, 2.24) is 0 Å². The summed E-state index contributed by atoms with van der Waals surface area (Å²) in [7, 11) is 0. The molecule has 0 aromatic heterocycles. The van der Waals surface area contributed by atoms with Crippen LogP contribution in [0.4, 0.5) is 0 Å². The molecular weight excluding hydrogens is 420 g/mol. The van der Waals surface area contributed by atoms with E-state index < -0.39 is 6.10 Å². The monoisotopic (exact) mass is 466 g/mol. The van der Waals surface area contributed by atoms with Gasteiger partial charge in [-0.05, 0) is 30.7 Å². The van der Waals surface area contributed by atoms with Crippen molar-refractivity contribution < 1.29 is 14.6 Å². The number of benzene rings is 2. The van der Waals surface area contributed by atoms with Gasteiger partial charge < -0.3 is 9.84 Å². The molecule has 34 heavy (non-hydrogen) atoms. The second-order valence-corrected chi connectivity index (χ2v) is 9.57. The van der Waals surface area contributed by atoms with Crippen LogP contribution in [0.25, 0.3) is 0 Å². The Morgan fingerprint density at radius 1 is 0.676 bits per heavy atom. The summed E-state index contributed by atoms with van der Waals surface area (Å²) >= 11 is 0. The average molecular weight is 467 g/mol. The SMILES string of the molecule is CCCCCCCCCCCCCCCCC(O)COc1ccc(C(=O)c2ccccc2)cc1. The van der Waals surface area contributed by atoms with E-state index in [0.717, 1.165) is 12.8 Å². The molecule has 0 saturated carbocycles. The number of ketones is 1. The number of ether oxygens (including phenoxy) is 1. The molecule has 0 aliphatic heterocycles. The second-order valence-electron chi connectivity index (χ2n) is 9.57. The number of hydrogen-bond acceptors (Lipinski definition) is 3. The number of aliphatic hydroxyl groups excluding tert-OH is 1. The fraction of sp³-hybridized carbons (Fsp3) is 0.581. The number of rotatable bonds is 20. The summed E-state index contributed by atoms with van der Waals surface area (Å²) in [5.74, 6) is 0.689. The fourth-order valence-electron chi connectivity index (χ4n) is 4.31. The van der Waals surface area contributed by atoms with Gasteiger partial charge in [0, 0.05) is 11.1 Å². The molecule has 0 aliphatic rings. The third-order valence-electron chi connectivity index (χ3n) is 6.49. The third kappa shape index (κ3) is 12.4. The maximum Gasteiger partial charge on any atom is 0.193 e. The Bertz CT molecular complexity index is 754. The highest BCUT2D eigenvalue weighted by atomic mass is 16.5. The van der Waals surface area contributed by atoms with E-state index in [9.17, 15) is 9.90 Å². The molecule has 1 N–H and O–H groups in total. The van der Waals surface area contributed by atoms with E-state index in [1.54, 1.807) is 24.3 Å². The van der Waals surface area contributed by atoms with E-state index in [4.69, 9.17) is 4.74 Å². The molecule has 2 rings (SSSR count). The van der Waals surface area contributed by atoms with Crippen LogP contribution < -0.4 is 4.74 Å². The zero-order valence-electron chi connectivity index (χ0n) is 21.4. The highest BCUT2D eigenvalue weighted by molar-refractivity contribution is 6.08. The van der Waals surface area contributed by atoms with Crippen molar-refractivity contribution in [1.29, 1.82) is 0 Å². The minimum Gasteiger partial charge on any atom is -0.491 e. The van der Waals surface area contributed by atoms with E-state index in [2.05, 4.69) is 6.92 Å². The quantitative estimate of drug-likeness (QED) is 0.157. The predicted octanol–water partition coefficient (Wildman–Crippen LogP) is 8.53. The zero-order valence-corrected chi connectivity index (χ0v) is 21.4. The maximum absolute atomic E-state index is 12.5. The summed E-state index contributed by atoms with van der Waals surface area (Å²) in [4.78, 5) is 12.5. The van der Waals surface area contributed by atoms with Crippen molar-refractivity contribution in [3.05, 3.63) is 65.7 Å². The van der Waals surface area contributed by atoms with E-state index in [1.165, 1.54) is 83.5 Å². The molecule has 2 aromatic carbocycles. The van der Waals surface area contributed by atoms with Gasteiger partial charge in [-0.3, -0.25) is 4.79 Å². The van der Waals surface area contributed by atoms with Gasteiger partial charge in [-0.25, -0.2) is 0 Å². The van der Waals surface area contributed by atoms with Gasteiger partial charge in [0.25, 0.3) is 0 Å². The molecule has 3 nitrogen and oxygen atoms in total. The van der Waals surface area contributed by atoms with Crippen LogP contribution in [-0.4, -0.2) is 23.6 Å². The molecule has 0 aliphatic carbocycles. The normalized spacial score (nSPS) is 11.9. The number of hydrogen-bond donors (Lipinski definition) is 1. The molecule has 0 spiro atoms. The Balaban J connectivity index is 1.44. The van der Waals surface area contributed by atoms with Gasteiger partial charge in [0.15, 0.2) is 5.78 Å². The molecule has 1 unspecified atom stereocenters. The standard InChI is InChI=1S/C31H46O3/c1-2-3-4-5-6-7-8-9-10-11-12-13-14-18-21-29(32)26-34-30-24-22-28(23-25-30)31(33)27-19-16-15-17-20-27/h15-17,19-20,22-25,29,32H,2-14,18,21,26H2,1H3. The van der Waals surface area contributed by atoms with Crippen LogP contribution >= 0.6 is 0 Å². The number of carbonyl (C=O) groups excluding carboxylic acids is 1. The van der Waals surface area contributed by atoms with Crippen molar-refractivity contribution in [2.45, 2.75) is 109 Å². The lowest BCUT2D eigenvalue weighted by Gasteiger charge is -2.12. The zero-order chi connectivity index (χ0) is 24.3. The smallest absolute Gasteiger partial charge is 0.193 e. The largest absolute Gasteiger partial charge is 0.491 e. The molecule has 3 heteroatoms. The molecule has 2 aromatic rings. The van der Waals surface area contributed by atoms with Crippen LogP contribution in [0, 0.1) is 0 Å². The molecule has 0 fully saturated rings. The third-order valence-corrected chi connectivity index (χ3v) is 6.49. The van der Waals surface area contributed by atoms with Gasteiger partial charge in [-0.2, -0.15) is 0 Å². The Hall–Kier alpha value is -2.13. The molecule has 0 radical (unpaired) electrons. The molecule has 0 heterocycles. The van der Waals surface area contributed by atoms with Crippen LogP contribution in [0.3, 0.4) is 0 Å². The Labute approximate surface area is 207 Å². The van der Waals surface area contributed by atoms with Crippen molar-refractivity contribution in [2.75, 3.05) is 6.61 Å². The second kappa shape index (κ2) is 18.2. The van der Waals surface area contributed by atoms with E-state index in [1.807, 2.05) is 30.3 Å². The Morgan fingerprint density at radius 2 is 1.15 bits per heavy atom. The van der Waals surface area contributed by atoms with Gasteiger partial charge in [0.1, 0.15) is 12.4 Å². The Morgan fingerprint density at radius 3 is 1.68 bits per heavy atom. The van der Waals surface area contributed by atoms with Crippen molar-refractivity contribution >= 4 is 5.78 Å². The van der Waals surface area contributed by atoms with Gasteiger partial charge in [-0.1, -0.05) is 127 Å². The molecule has 0 amide bonds. The van der Waals surface area contributed by atoms with Gasteiger partial charge in [0.2, 0.25) is 0 Å². The summed E-state index contributed by atoms with van der Waals surface area (Å²) in [5, 5.41) is 10.2. The molecule has 1 atom stereocenters. The summed E-state index contributed by atoms with van der Waals surface area (Å²) in [6, 6.07) is 16.4. The number of unbranched alkanes of at least 4 members (excludes halogenated alkanes) is 13. The van der Waals surface area contributed by atoms with Gasteiger partial charge in [0.05, 0.1) is 6.10 Å². The lowest BCUT2D eigenvalue weighted by molar-refractivity contribution is 0.0973. The van der Waals surface area contributed by atoms with Crippen LogP contribution in [0.15, 0.2) is 54.6 Å². The van der Waals surface area contributed by atoms with E-state index in [-0.39, 0.29) is 5.78 Å². The van der Waals surface area contributed by atoms with Crippen LogP contribution in [0.2, 0.25) is 0 Å². The van der Waals surface area contributed by atoms with E-state index in [0.29, 0.717) is 23.5 Å². The average Bonchev–Trinajstić information content (AvgIpc) is 2.88. The lowest BCUT2D eigenvalue weighted by atomic mass is 10.0. The van der Waals surface area contributed by atoms with Gasteiger partial charge >= 0.3 is 0 Å².